The van der Waals surface area contributed by atoms with Crippen LogP contribution in [0.1, 0.15) is 52.2 Å². The Morgan fingerprint density at radius 2 is 2.09 bits per heavy atom. The first-order chi connectivity index (χ1) is 10.8. The van der Waals surface area contributed by atoms with Crippen LogP contribution in [0.5, 0.6) is 0 Å². The molecule has 0 saturated carbocycles. The van der Waals surface area contributed by atoms with Crippen LogP contribution in [0.4, 0.5) is 10.5 Å². The summed E-state index contributed by atoms with van der Waals surface area (Å²) >= 11 is 0. The number of amides is 1. The van der Waals surface area contributed by atoms with Crippen molar-refractivity contribution in [2.24, 2.45) is 5.92 Å². The number of fused-ring (bicyclic) bond motifs is 1. The fourth-order valence-electron chi connectivity index (χ4n) is 2.87. The van der Waals surface area contributed by atoms with Crippen molar-refractivity contribution >= 4 is 11.8 Å². The fraction of sp³-hybridized carbons (Fsp3) is 0.632. The van der Waals surface area contributed by atoms with Crippen LogP contribution < -0.4 is 10.2 Å². The number of anilines is 1. The molecule has 4 nitrogen and oxygen atoms in total. The lowest BCUT2D eigenvalue weighted by Crippen LogP contribution is -2.40. The Morgan fingerprint density at radius 1 is 1.35 bits per heavy atom. The van der Waals surface area contributed by atoms with Gasteiger partial charge in [-0.3, -0.25) is 4.90 Å². The number of ether oxygens (including phenoxy) is 1. The summed E-state index contributed by atoms with van der Waals surface area (Å²) in [4.78, 5) is 14.4. The Balaban J connectivity index is 2.22. The van der Waals surface area contributed by atoms with Gasteiger partial charge in [0.15, 0.2) is 0 Å². The van der Waals surface area contributed by atoms with Gasteiger partial charge in [-0.25, -0.2) is 4.79 Å². The molecule has 0 fully saturated rings. The zero-order chi connectivity index (χ0) is 17.0. The molecule has 0 aromatic heterocycles. The molecule has 1 aromatic rings. The Hall–Kier alpha value is -1.55. The maximum Gasteiger partial charge on any atom is 0.414 e. The monoisotopic (exact) mass is 318 g/mol. The number of hydrogen-bond donors (Lipinski definition) is 1. The van der Waals surface area contributed by atoms with E-state index < -0.39 is 5.60 Å². The van der Waals surface area contributed by atoms with Gasteiger partial charge in [0.1, 0.15) is 5.60 Å². The predicted molar refractivity (Wildman–Crippen MR) is 94.9 cm³/mol. The average molecular weight is 318 g/mol. The third kappa shape index (κ3) is 4.96. The number of aryl methyl sites for hydroxylation is 1. The van der Waals surface area contributed by atoms with E-state index in [1.807, 2.05) is 25.7 Å². The third-order valence-electron chi connectivity index (χ3n) is 3.78. The molecule has 0 unspecified atom stereocenters. The molecule has 0 aliphatic carbocycles. The van der Waals surface area contributed by atoms with E-state index in [-0.39, 0.29) is 6.09 Å². The average Bonchev–Trinajstić information content (AvgIpc) is 2.44. The Labute approximate surface area is 140 Å². The maximum absolute atomic E-state index is 12.6. The Bertz CT molecular complexity index is 547. The largest absolute Gasteiger partial charge is 0.443 e. The summed E-state index contributed by atoms with van der Waals surface area (Å²) < 4.78 is 5.60. The standard InChI is InChI=1S/C19H30N2O2/c1-14(2)12-20-13-16-9-6-8-15-10-7-11-21(17(15)16)18(22)23-19(3,4)5/h6,8-9,14,20H,7,10-13H2,1-5H3. The molecule has 4 heteroatoms. The van der Waals surface area contributed by atoms with E-state index >= 15 is 0 Å². The van der Waals surface area contributed by atoms with E-state index in [1.54, 1.807) is 0 Å². The molecule has 0 atom stereocenters. The summed E-state index contributed by atoms with van der Waals surface area (Å²) in [5, 5.41) is 3.48. The van der Waals surface area contributed by atoms with Gasteiger partial charge in [0.05, 0.1) is 5.69 Å². The Morgan fingerprint density at radius 3 is 2.74 bits per heavy atom. The van der Waals surface area contributed by atoms with Gasteiger partial charge in [-0.2, -0.15) is 0 Å². The molecule has 0 radical (unpaired) electrons. The van der Waals surface area contributed by atoms with Gasteiger partial charge in [0, 0.05) is 13.1 Å². The molecule has 0 bridgehead atoms. The highest BCUT2D eigenvalue weighted by atomic mass is 16.6. The number of carbonyl (C=O) groups is 1. The summed E-state index contributed by atoms with van der Waals surface area (Å²) in [5.74, 6) is 0.608. The van der Waals surface area contributed by atoms with Crippen LogP contribution in [-0.4, -0.2) is 24.8 Å². The molecule has 1 aliphatic rings. The van der Waals surface area contributed by atoms with Crippen LogP contribution in [0.3, 0.4) is 0 Å². The lowest BCUT2D eigenvalue weighted by molar-refractivity contribution is 0.0577. The van der Waals surface area contributed by atoms with Gasteiger partial charge in [0.25, 0.3) is 0 Å². The first-order valence-electron chi connectivity index (χ1n) is 8.60. The third-order valence-corrected chi connectivity index (χ3v) is 3.78. The van der Waals surface area contributed by atoms with Crippen molar-refractivity contribution in [2.75, 3.05) is 18.0 Å². The summed E-state index contributed by atoms with van der Waals surface area (Å²) in [6.07, 6.45) is 1.76. The number of nitrogens with zero attached hydrogens (tertiary/aromatic N) is 1. The highest BCUT2D eigenvalue weighted by Crippen LogP contribution is 2.32. The first-order valence-corrected chi connectivity index (χ1v) is 8.60. The number of para-hydroxylation sites is 1. The maximum atomic E-state index is 12.6. The van der Waals surface area contributed by atoms with Crippen molar-refractivity contribution in [1.29, 1.82) is 0 Å². The van der Waals surface area contributed by atoms with Crippen LogP contribution in [0.2, 0.25) is 0 Å². The SMILES string of the molecule is CC(C)CNCc1cccc2c1N(C(=O)OC(C)(C)C)CCC2. The predicted octanol–water partition coefficient (Wildman–Crippen LogP) is 4.12. The molecule has 0 saturated heterocycles. The molecule has 23 heavy (non-hydrogen) atoms. The number of nitrogens with one attached hydrogen (secondary N) is 1. The molecular formula is C19H30N2O2. The van der Waals surface area contributed by atoms with Crippen molar-refractivity contribution in [3.63, 3.8) is 0 Å². The summed E-state index contributed by atoms with van der Waals surface area (Å²) in [6, 6.07) is 6.32. The lowest BCUT2D eigenvalue weighted by Gasteiger charge is -2.33. The van der Waals surface area contributed by atoms with Crippen molar-refractivity contribution in [3.05, 3.63) is 29.3 Å². The second kappa shape index (κ2) is 7.35. The molecule has 0 spiro atoms. The van der Waals surface area contributed by atoms with E-state index in [0.29, 0.717) is 5.92 Å². The van der Waals surface area contributed by atoms with Crippen molar-refractivity contribution in [3.8, 4) is 0 Å². The smallest absolute Gasteiger partial charge is 0.414 e. The highest BCUT2D eigenvalue weighted by molar-refractivity contribution is 5.90. The summed E-state index contributed by atoms with van der Waals surface area (Å²) in [7, 11) is 0. The molecule has 1 heterocycles. The van der Waals surface area contributed by atoms with Gasteiger partial charge < -0.3 is 10.1 Å². The quantitative estimate of drug-likeness (QED) is 0.908. The number of hydrogen-bond acceptors (Lipinski definition) is 3. The van der Waals surface area contributed by atoms with E-state index in [1.165, 1.54) is 11.1 Å². The van der Waals surface area contributed by atoms with E-state index in [2.05, 4.69) is 37.4 Å². The van der Waals surface area contributed by atoms with Crippen LogP contribution in [0.15, 0.2) is 18.2 Å². The zero-order valence-corrected chi connectivity index (χ0v) is 15.1. The lowest BCUT2D eigenvalue weighted by atomic mass is 9.97. The van der Waals surface area contributed by atoms with E-state index in [4.69, 9.17) is 4.74 Å². The number of rotatable bonds is 4. The summed E-state index contributed by atoms with van der Waals surface area (Å²) in [6.45, 7) is 12.6. The molecule has 1 amide bonds. The van der Waals surface area contributed by atoms with Crippen molar-refractivity contribution in [2.45, 2.75) is 59.6 Å². The fourth-order valence-corrected chi connectivity index (χ4v) is 2.87. The van der Waals surface area contributed by atoms with Crippen LogP contribution in [0.25, 0.3) is 0 Å². The van der Waals surface area contributed by atoms with Gasteiger partial charge in [-0.05, 0) is 57.2 Å². The molecule has 2 rings (SSSR count). The minimum absolute atomic E-state index is 0.241. The second-order valence-electron chi connectivity index (χ2n) is 7.69. The van der Waals surface area contributed by atoms with E-state index in [0.717, 1.165) is 38.2 Å². The molecule has 1 aliphatic heterocycles. The number of benzene rings is 1. The normalized spacial score (nSPS) is 14.8. The Kier molecular flexibility index (Phi) is 5.69. The molecule has 1 N–H and O–H groups in total. The summed E-state index contributed by atoms with van der Waals surface area (Å²) in [5.41, 5.74) is 2.99. The highest BCUT2D eigenvalue weighted by Gasteiger charge is 2.28. The van der Waals surface area contributed by atoms with Crippen LogP contribution in [0, 0.1) is 5.92 Å². The van der Waals surface area contributed by atoms with Gasteiger partial charge >= 0.3 is 6.09 Å². The topological polar surface area (TPSA) is 41.6 Å². The second-order valence-corrected chi connectivity index (χ2v) is 7.69. The van der Waals surface area contributed by atoms with Gasteiger partial charge in [0.2, 0.25) is 0 Å². The minimum atomic E-state index is -0.473. The number of carbonyl (C=O) groups excluding carboxylic acids is 1. The van der Waals surface area contributed by atoms with Crippen molar-refractivity contribution < 1.29 is 9.53 Å². The zero-order valence-electron chi connectivity index (χ0n) is 15.1. The molecular weight excluding hydrogens is 288 g/mol. The molecule has 128 valence electrons. The van der Waals surface area contributed by atoms with Gasteiger partial charge in [-0.15, -0.1) is 0 Å². The minimum Gasteiger partial charge on any atom is -0.443 e. The van der Waals surface area contributed by atoms with Crippen LogP contribution in [-0.2, 0) is 17.7 Å². The van der Waals surface area contributed by atoms with E-state index in [9.17, 15) is 4.79 Å². The van der Waals surface area contributed by atoms with Crippen LogP contribution >= 0.6 is 0 Å². The molecule has 1 aromatic carbocycles. The van der Waals surface area contributed by atoms with Crippen molar-refractivity contribution in [1.82, 2.24) is 5.32 Å². The first kappa shape index (κ1) is 17.8. The van der Waals surface area contributed by atoms with Gasteiger partial charge in [-0.1, -0.05) is 32.0 Å².